The van der Waals surface area contributed by atoms with Gasteiger partial charge in [-0.05, 0) is 33.3 Å². The number of carbonyl (C=O) groups is 2. The Labute approximate surface area is 106 Å². The van der Waals surface area contributed by atoms with Gasteiger partial charge in [0.1, 0.15) is 17.6 Å². The van der Waals surface area contributed by atoms with Crippen LogP contribution in [0.4, 0.5) is 0 Å². The molecule has 1 saturated heterocycles. The van der Waals surface area contributed by atoms with Crippen molar-refractivity contribution in [3.63, 3.8) is 0 Å². The van der Waals surface area contributed by atoms with Gasteiger partial charge in [0, 0.05) is 12.0 Å². The molecule has 2 N–H and O–H groups in total. The van der Waals surface area contributed by atoms with Gasteiger partial charge in [0.05, 0.1) is 6.04 Å². The van der Waals surface area contributed by atoms with Crippen LogP contribution in [0.15, 0.2) is 10.5 Å². The summed E-state index contributed by atoms with van der Waals surface area (Å²) in [5, 5.41) is 5.56. The third kappa shape index (κ3) is 2.55. The Morgan fingerprint density at radius 2 is 2.28 bits per heavy atom. The van der Waals surface area contributed by atoms with Crippen LogP contribution in [0.5, 0.6) is 0 Å². The van der Waals surface area contributed by atoms with Crippen LogP contribution in [0.25, 0.3) is 0 Å². The van der Waals surface area contributed by atoms with E-state index < -0.39 is 6.04 Å². The van der Waals surface area contributed by atoms with Crippen LogP contribution in [0.2, 0.25) is 0 Å². The molecule has 0 aromatic carbocycles. The first kappa shape index (κ1) is 12.7. The number of aryl methyl sites for hydroxylation is 2. The fraction of sp³-hybridized carbons (Fsp3) is 0.538. The Bertz CT molecular complexity index is 479. The molecular formula is C13H18N2O3. The normalized spacial score (nSPS) is 20.6. The highest BCUT2D eigenvalue weighted by atomic mass is 16.3. The zero-order valence-electron chi connectivity index (χ0n) is 10.9. The third-order valence-corrected chi connectivity index (χ3v) is 3.22. The molecular weight excluding hydrogens is 232 g/mol. The first-order chi connectivity index (χ1) is 8.47. The first-order valence-electron chi connectivity index (χ1n) is 6.14. The van der Waals surface area contributed by atoms with Crippen LogP contribution >= 0.6 is 0 Å². The van der Waals surface area contributed by atoms with E-state index >= 15 is 0 Å². The van der Waals surface area contributed by atoms with Gasteiger partial charge in [0.2, 0.25) is 11.8 Å². The van der Waals surface area contributed by atoms with Crippen molar-refractivity contribution in [1.29, 1.82) is 0 Å². The van der Waals surface area contributed by atoms with Gasteiger partial charge in [-0.15, -0.1) is 0 Å². The maximum Gasteiger partial charge on any atom is 0.243 e. The van der Waals surface area contributed by atoms with Gasteiger partial charge in [-0.2, -0.15) is 0 Å². The van der Waals surface area contributed by atoms with Crippen LogP contribution in [0, 0.1) is 13.8 Å². The SMILES string of the molecule is Cc1cc([C@H](C)NC(=O)[C@@H]2CCC(=O)N2)c(C)o1. The molecule has 98 valence electrons. The number of hydrogen-bond acceptors (Lipinski definition) is 3. The van der Waals surface area contributed by atoms with Crippen LogP contribution in [-0.4, -0.2) is 17.9 Å². The lowest BCUT2D eigenvalue weighted by atomic mass is 10.1. The number of hydrogen-bond donors (Lipinski definition) is 2. The average Bonchev–Trinajstić information content (AvgIpc) is 2.84. The molecule has 0 bridgehead atoms. The van der Waals surface area contributed by atoms with E-state index in [9.17, 15) is 9.59 Å². The quantitative estimate of drug-likeness (QED) is 0.850. The Morgan fingerprint density at radius 3 is 2.78 bits per heavy atom. The lowest BCUT2D eigenvalue weighted by Gasteiger charge is -2.16. The molecule has 0 saturated carbocycles. The van der Waals surface area contributed by atoms with Crippen molar-refractivity contribution >= 4 is 11.8 Å². The summed E-state index contributed by atoms with van der Waals surface area (Å²) in [6.07, 6.45) is 0.997. The summed E-state index contributed by atoms with van der Waals surface area (Å²) in [7, 11) is 0. The lowest BCUT2D eigenvalue weighted by molar-refractivity contribution is -0.126. The third-order valence-electron chi connectivity index (χ3n) is 3.22. The maximum absolute atomic E-state index is 11.9. The molecule has 2 amide bonds. The van der Waals surface area contributed by atoms with Crippen LogP contribution in [0.1, 0.15) is 42.9 Å². The zero-order valence-corrected chi connectivity index (χ0v) is 10.9. The molecule has 2 heterocycles. The molecule has 1 aliphatic heterocycles. The fourth-order valence-electron chi connectivity index (χ4n) is 2.28. The van der Waals surface area contributed by atoms with Crippen molar-refractivity contribution < 1.29 is 14.0 Å². The molecule has 2 rings (SSSR count). The Hall–Kier alpha value is -1.78. The summed E-state index contributed by atoms with van der Waals surface area (Å²) in [5.74, 6) is 1.46. The number of rotatable bonds is 3. The molecule has 1 aliphatic rings. The van der Waals surface area contributed by atoms with Crippen molar-refractivity contribution in [2.24, 2.45) is 0 Å². The van der Waals surface area contributed by atoms with E-state index in [0.29, 0.717) is 12.8 Å². The average molecular weight is 250 g/mol. The molecule has 1 fully saturated rings. The molecule has 1 aromatic heterocycles. The minimum atomic E-state index is -0.395. The molecule has 2 atom stereocenters. The number of nitrogens with one attached hydrogen (secondary N) is 2. The van der Waals surface area contributed by atoms with Crippen molar-refractivity contribution in [1.82, 2.24) is 10.6 Å². The second kappa shape index (κ2) is 4.84. The summed E-state index contributed by atoms with van der Waals surface area (Å²) in [5.41, 5.74) is 0.977. The zero-order chi connectivity index (χ0) is 13.3. The second-order valence-corrected chi connectivity index (χ2v) is 4.76. The molecule has 5 heteroatoms. The van der Waals surface area contributed by atoms with Gasteiger partial charge in [-0.25, -0.2) is 0 Å². The molecule has 0 aliphatic carbocycles. The van der Waals surface area contributed by atoms with E-state index in [4.69, 9.17) is 4.42 Å². The summed E-state index contributed by atoms with van der Waals surface area (Å²) >= 11 is 0. The van der Waals surface area contributed by atoms with E-state index in [1.54, 1.807) is 0 Å². The first-order valence-corrected chi connectivity index (χ1v) is 6.14. The van der Waals surface area contributed by atoms with Crippen molar-refractivity contribution in [3.05, 3.63) is 23.2 Å². The minimum absolute atomic E-state index is 0.0573. The molecule has 5 nitrogen and oxygen atoms in total. The topological polar surface area (TPSA) is 71.3 Å². The van der Waals surface area contributed by atoms with Gasteiger partial charge in [-0.3, -0.25) is 9.59 Å². The van der Waals surface area contributed by atoms with Crippen LogP contribution in [0.3, 0.4) is 0 Å². The van der Waals surface area contributed by atoms with Gasteiger partial charge in [0.15, 0.2) is 0 Å². The number of furan rings is 1. The maximum atomic E-state index is 11.9. The highest BCUT2D eigenvalue weighted by Crippen LogP contribution is 2.21. The molecule has 18 heavy (non-hydrogen) atoms. The van der Waals surface area contributed by atoms with Crippen molar-refractivity contribution in [2.45, 2.75) is 45.7 Å². The van der Waals surface area contributed by atoms with Crippen molar-refractivity contribution in [3.8, 4) is 0 Å². The van der Waals surface area contributed by atoms with E-state index in [1.165, 1.54) is 0 Å². The summed E-state index contributed by atoms with van der Waals surface area (Å²) in [6, 6.07) is 1.41. The van der Waals surface area contributed by atoms with E-state index in [0.717, 1.165) is 17.1 Å². The highest BCUT2D eigenvalue weighted by Gasteiger charge is 2.28. The van der Waals surface area contributed by atoms with E-state index in [2.05, 4.69) is 10.6 Å². The predicted octanol–water partition coefficient (Wildman–Crippen LogP) is 1.35. The van der Waals surface area contributed by atoms with Crippen LogP contribution < -0.4 is 10.6 Å². The second-order valence-electron chi connectivity index (χ2n) is 4.76. The Balaban J connectivity index is 1.99. The Morgan fingerprint density at radius 1 is 1.56 bits per heavy atom. The standard InChI is InChI=1S/C13H18N2O3/c1-7-6-10(9(3)18-7)8(2)14-13(17)11-4-5-12(16)15-11/h6,8,11H,4-5H2,1-3H3,(H,14,17)(H,15,16)/t8-,11-/m0/s1. The number of carbonyl (C=O) groups excluding carboxylic acids is 2. The highest BCUT2D eigenvalue weighted by molar-refractivity contribution is 5.90. The van der Waals surface area contributed by atoms with E-state index in [1.807, 2.05) is 26.8 Å². The summed E-state index contributed by atoms with van der Waals surface area (Å²) < 4.78 is 5.44. The van der Waals surface area contributed by atoms with Gasteiger partial charge in [-0.1, -0.05) is 0 Å². The van der Waals surface area contributed by atoms with Crippen molar-refractivity contribution in [2.75, 3.05) is 0 Å². The Kier molecular flexibility index (Phi) is 3.41. The number of amides is 2. The predicted molar refractivity (Wildman–Crippen MR) is 65.9 cm³/mol. The lowest BCUT2D eigenvalue weighted by Crippen LogP contribution is -2.42. The molecule has 0 radical (unpaired) electrons. The smallest absolute Gasteiger partial charge is 0.243 e. The fourth-order valence-corrected chi connectivity index (χ4v) is 2.28. The molecule has 0 spiro atoms. The monoisotopic (exact) mass is 250 g/mol. The summed E-state index contributed by atoms with van der Waals surface area (Å²) in [4.78, 5) is 23.0. The van der Waals surface area contributed by atoms with Gasteiger partial charge >= 0.3 is 0 Å². The summed E-state index contributed by atoms with van der Waals surface area (Å²) in [6.45, 7) is 5.66. The van der Waals surface area contributed by atoms with Gasteiger partial charge in [0.25, 0.3) is 0 Å². The van der Waals surface area contributed by atoms with Gasteiger partial charge < -0.3 is 15.1 Å². The molecule has 1 aromatic rings. The van der Waals surface area contributed by atoms with Crippen LogP contribution in [-0.2, 0) is 9.59 Å². The minimum Gasteiger partial charge on any atom is -0.466 e. The molecule has 0 unspecified atom stereocenters. The van der Waals surface area contributed by atoms with E-state index in [-0.39, 0.29) is 17.9 Å². The largest absolute Gasteiger partial charge is 0.466 e.